The minimum absolute atomic E-state index is 0.0372. The monoisotopic (exact) mass is 331 g/mol. The van der Waals surface area contributed by atoms with E-state index in [0.717, 1.165) is 12.1 Å². The van der Waals surface area contributed by atoms with Gasteiger partial charge in [-0.05, 0) is 68.2 Å². The van der Waals surface area contributed by atoms with Gasteiger partial charge in [0.05, 0.1) is 10.1 Å². The topological polar surface area (TPSA) is 32.3 Å². The van der Waals surface area contributed by atoms with E-state index < -0.39 is 5.60 Å². The van der Waals surface area contributed by atoms with E-state index in [1.807, 2.05) is 6.07 Å². The van der Waals surface area contributed by atoms with Crippen LogP contribution >= 0.6 is 15.9 Å². The zero-order chi connectivity index (χ0) is 14.7. The molecule has 0 aliphatic heterocycles. The molecule has 1 aromatic rings. The van der Waals surface area contributed by atoms with Gasteiger partial charge in [-0.2, -0.15) is 0 Å². The quantitative estimate of drug-likeness (QED) is 0.862. The van der Waals surface area contributed by atoms with Gasteiger partial charge in [-0.25, -0.2) is 4.39 Å². The fraction of sp³-hybridized carbons (Fsp3) is 0.600. The normalized spacial score (nSPS) is 15.3. The van der Waals surface area contributed by atoms with Gasteiger partial charge in [-0.3, -0.25) is 0 Å². The molecule has 4 heteroatoms. The Morgan fingerprint density at radius 2 is 1.89 bits per heavy atom. The summed E-state index contributed by atoms with van der Waals surface area (Å²) in [7, 11) is 0. The van der Waals surface area contributed by atoms with Crippen LogP contribution in [0.5, 0.6) is 0 Å². The zero-order valence-corrected chi connectivity index (χ0v) is 13.6. The Kier molecular flexibility index (Phi) is 5.53. The van der Waals surface area contributed by atoms with Crippen LogP contribution in [0.3, 0.4) is 0 Å². The van der Waals surface area contributed by atoms with Gasteiger partial charge in [0, 0.05) is 12.0 Å². The summed E-state index contributed by atoms with van der Waals surface area (Å²) in [4.78, 5) is 0. The third-order valence-electron chi connectivity index (χ3n) is 2.92. The van der Waals surface area contributed by atoms with Crippen molar-refractivity contribution in [2.75, 3.05) is 6.54 Å². The molecular weight excluding hydrogens is 309 g/mol. The molecule has 0 aromatic heterocycles. The van der Waals surface area contributed by atoms with Crippen LogP contribution in [-0.2, 0) is 6.42 Å². The summed E-state index contributed by atoms with van der Waals surface area (Å²) in [6.45, 7) is 8.78. The van der Waals surface area contributed by atoms with E-state index in [-0.39, 0.29) is 11.4 Å². The van der Waals surface area contributed by atoms with Gasteiger partial charge < -0.3 is 10.4 Å². The molecule has 1 rings (SSSR count). The van der Waals surface area contributed by atoms with Crippen LogP contribution in [0.1, 0.15) is 39.7 Å². The predicted octanol–water partition coefficient (Wildman–Crippen LogP) is 3.66. The second-order valence-electron chi connectivity index (χ2n) is 6.31. The van der Waals surface area contributed by atoms with E-state index >= 15 is 0 Å². The lowest BCUT2D eigenvalue weighted by Crippen LogP contribution is -2.40. The molecule has 0 radical (unpaired) electrons. The molecule has 19 heavy (non-hydrogen) atoms. The van der Waals surface area contributed by atoms with Crippen molar-refractivity contribution in [2.24, 2.45) is 0 Å². The maximum atomic E-state index is 13.4. The first kappa shape index (κ1) is 16.6. The first-order valence-electron chi connectivity index (χ1n) is 6.51. The van der Waals surface area contributed by atoms with Crippen LogP contribution in [0.15, 0.2) is 22.7 Å². The summed E-state index contributed by atoms with van der Waals surface area (Å²) in [6, 6.07) is 4.90. The van der Waals surface area contributed by atoms with Crippen LogP contribution < -0.4 is 5.32 Å². The van der Waals surface area contributed by atoms with Crippen molar-refractivity contribution >= 4 is 15.9 Å². The Morgan fingerprint density at radius 3 is 2.47 bits per heavy atom. The van der Waals surface area contributed by atoms with Crippen LogP contribution in [0.25, 0.3) is 0 Å². The Morgan fingerprint density at radius 1 is 1.26 bits per heavy atom. The molecule has 0 amide bonds. The van der Waals surface area contributed by atoms with Gasteiger partial charge >= 0.3 is 0 Å². The van der Waals surface area contributed by atoms with Gasteiger partial charge in [0.2, 0.25) is 0 Å². The van der Waals surface area contributed by atoms with Crippen molar-refractivity contribution in [3.63, 3.8) is 0 Å². The second-order valence-corrected chi connectivity index (χ2v) is 7.11. The van der Waals surface area contributed by atoms with Gasteiger partial charge in [0.15, 0.2) is 0 Å². The highest BCUT2D eigenvalue weighted by atomic mass is 79.9. The van der Waals surface area contributed by atoms with Gasteiger partial charge in [-0.1, -0.05) is 12.1 Å². The maximum Gasteiger partial charge on any atom is 0.137 e. The second kappa shape index (κ2) is 6.33. The van der Waals surface area contributed by atoms with Crippen LogP contribution in [-0.4, -0.2) is 22.8 Å². The molecule has 2 nitrogen and oxygen atoms in total. The lowest BCUT2D eigenvalue weighted by molar-refractivity contribution is 0.0497. The van der Waals surface area contributed by atoms with Crippen LogP contribution in [0.4, 0.5) is 4.39 Å². The molecule has 0 aliphatic carbocycles. The van der Waals surface area contributed by atoms with Crippen molar-refractivity contribution < 1.29 is 9.50 Å². The highest BCUT2D eigenvalue weighted by Crippen LogP contribution is 2.25. The number of hydrogen-bond donors (Lipinski definition) is 2. The number of nitrogens with one attached hydrogen (secondary N) is 1. The summed E-state index contributed by atoms with van der Waals surface area (Å²) >= 11 is 3.23. The molecule has 0 fully saturated rings. The largest absolute Gasteiger partial charge is 0.390 e. The number of hydrogen-bond acceptors (Lipinski definition) is 2. The van der Waals surface area contributed by atoms with Crippen molar-refractivity contribution in [1.29, 1.82) is 0 Å². The van der Waals surface area contributed by atoms with E-state index in [1.54, 1.807) is 13.0 Å². The summed E-state index contributed by atoms with van der Waals surface area (Å²) < 4.78 is 13.9. The lowest BCUT2D eigenvalue weighted by atomic mass is 9.93. The summed E-state index contributed by atoms with van der Waals surface area (Å²) in [5, 5.41) is 13.7. The smallest absolute Gasteiger partial charge is 0.137 e. The Bertz CT molecular complexity index is 427. The van der Waals surface area contributed by atoms with E-state index in [2.05, 4.69) is 42.0 Å². The molecule has 1 unspecified atom stereocenters. The average molecular weight is 332 g/mol. The fourth-order valence-electron chi connectivity index (χ4n) is 1.89. The molecule has 0 spiro atoms. The minimum Gasteiger partial charge on any atom is -0.390 e. The molecule has 0 saturated carbocycles. The number of rotatable bonds is 5. The van der Waals surface area contributed by atoms with Gasteiger partial charge in [0.25, 0.3) is 0 Å². The van der Waals surface area contributed by atoms with Gasteiger partial charge in [-0.15, -0.1) is 0 Å². The van der Waals surface area contributed by atoms with E-state index in [1.165, 1.54) is 6.07 Å². The highest BCUT2D eigenvalue weighted by Gasteiger charge is 2.23. The molecule has 1 aromatic carbocycles. The van der Waals surface area contributed by atoms with E-state index in [0.29, 0.717) is 17.3 Å². The molecule has 2 N–H and O–H groups in total. The Hall–Kier alpha value is -0.450. The predicted molar refractivity (Wildman–Crippen MR) is 80.8 cm³/mol. The molecule has 0 saturated heterocycles. The van der Waals surface area contributed by atoms with Crippen molar-refractivity contribution in [2.45, 2.75) is 51.7 Å². The molecule has 0 aliphatic rings. The number of aliphatic hydroxyl groups is 1. The third-order valence-corrected chi connectivity index (χ3v) is 3.81. The molecular formula is C15H23BrFNO. The lowest BCUT2D eigenvalue weighted by Gasteiger charge is -2.27. The third kappa shape index (κ3) is 6.02. The highest BCUT2D eigenvalue weighted by molar-refractivity contribution is 9.10. The van der Waals surface area contributed by atoms with Gasteiger partial charge in [0.1, 0.15) is 5.82 Å². The standard InChI is InChI=1S/C15H23BrFNO/c1-14(2,3)18-9-8-15(4,19)10-11-6-5-7-12(17)13(11)16/h5-7,18-19H,8-10H2,1-4H3. The summed E-state index contributed by atoms with van der Waals surface area (Å²) in [5.41, 5.74) is -0.0230. The minimum atomic E-state index is -0.853. The SMILES string of the molecule is CC(O)(CCNC(C)(C)C)Cc1cccc(F)c1Br. The summed E-state index contributed by atoms with van der Waals surface area (Å²) in [5.74, 6) is -0.291. The molecule has 108 valence electrons. The summed E-state index contributed by atoms with van der Waals surface area (Å²) in [6.07, 6.45) is 1.05. The number of benzene rings is 1. The van der Waals surface area contributed by atoms with E-state index in [9.17, 15) is 9.50 Å². The molecule has 0 bridgehead atoms. The first-order chi connectivity index (χ1) is 8.61. The first-order valence-corrected chi connectivity index (χ1v) is 7.30. The zero-order valence-electron chi connectivity index (χ0n) is 12.1. The maximum absolute atomic E-state index is 13.4. The molecule has 0 heterocycles. The van der Waals surface area contributed by atoms with Crippen LogP contribution in [0.2, 0.25) is 0 Å². The fourth-order valence-corrected chi connectivity index (χ4v) is 2.29. The van der Waals surface area contributed by atoms with Crippen molar-refractivity contribution in [1.82, 2.24) is 5.32 Å². The number of halogens is 2. The van der Waals surface area contributed by atoms with Crippen molar-refractivity contribution in [3.8, 4) is 0 Å². The average Bonchev–Trinajstić information content (AvgIpc) is 2.22. The molecule has 1 atom stereocenters. The Labute approximate surface area is 123 Å². The Balaban J connectivity index is 2.61. The van der Waals surface area contributed by atoms with Crippen molar-refractivity contribution in [3.05, 3.63) is 34.1 Å². The van der Waals surface area contributed by atoms with Crippen LogP contribution in [0, 0.1) is 5.82 Å². The van der Waals surface area contributed by atoms with E-state index in [4.69, 9.17) is 0 Å².